The highest BCUT2D eigenvalue weighted by Crippen LogP contribution is 2.62. The Hall–Kier alpha value is -1.78. The molecule has 24 heavy (non-hydrogen) atoms. The second-order valence-electron chi connectivity index (χ2n) is 8.10. The number of benzene rings is 1. The van der Waals surface area contributed by atoms with Gasteiger partial charge in [0.15, 0.2) is 0 Å². The number of rotatable bonds is 2. The minimum atomic E-state index is -0.643. The van der Waals surface area contributed by atoms with Crippen molar-refractivity contribution in [1.82, 2.24) is 0 Å². The first-order valence-electron chi connectivity index (χ1n) is 8.83. The summed E-state index contributed by atoms with van der Waals surface area (Å²) in [6, 6.07) is 4.06. The van der Waals surface area contributed by atoms with E-state index in [9.17, 15) is 10.2 Å². The number of ether oxygens (including phenoxy) is 1. The quantitative estimate of drug-likeness (QED) is 0.658. The van der Waals surface area contributed by atoms with Gasteiger partial charge in [0.1, 0.15) is 24.0 Å². The summed E-state index contributed by atoms with van der Waals surface area (Å²) in [7, 11) is 2.32. The van der Waals surface area contributed by atoms with Crippen molar-refractivity contribution in [2.45, 2.75) is 36.5 Å². The van der Waals surface area contributed by atoms with Gasteiger partial charge in [0.05, 0.1) is 25.6 Å². The molecule has 1 spiro atoms. The Bertz CT molecular complexity index is 772. The molecule has 5 rings (SSSR count). The average Bonchev–Trinajstić information content (AvgIpc) is 2.91. The average molecular weight is 325 g/mol. The zero-order valence-electron chi connectivity index (χ0n) is 13.9. The summed E-state index contributed by atoms with van der Waals surface area (Å²) in [6.45, 7) is 5.93. The SMILES string of the molecule is C=CC[N@@+]1(C)CC[C@]23c4c5ccc([O-])c4O[C@H]2[C@@H](O)C=C[C@H]3[C@H]1C5. The van der Waals surface area contributed by atoms with E-state index >= 15 is 0 Å². The molecule has 2 aliphatic heterocycles. The summed E-state index contributed by atoms with van der Waals surface area (Å²) < 4.78 is 7.08. The van der Waals surface area contributed by atoms with Gasteiger partial charge >= 0.3 is 0 Å². The maximum absolute atomic E-state index is 12.4. The van der Waals surface area contributed by atoms with E-state index < -0.39 is 6.10 Å². The highest BCUT2D eigenvalue weighted by molar-refractivity contribution is 5.61. The fourth-order valence-electron chi connectivity index (χ4n) is 6.01. The molecule has 0 radical (unpaired) electrons. The lowest BCUT2D eigenvalue weighted by molar-refractivity contribution is -0.938. The second kappa shape index (κ2) is 4.44. The first-order valence-corrected chi connectivity index (χ1v) is 8.83. The molecule has 4 heteroatoms. The van der Waals surface area contributed by atoms with Crippen LogP contribution in [-0.2, 0) is 11.8 Å². The maximum atomic E-state index is 12.4. The van der Waals surface area contributed by atoms with E-state index in [2.05, 4.69) is 19.7 Å². The van der Waals surface area contributed by atoms with Crippen molar-refractivity contribution in [1.29, 1.82) is 0 Å². The molecule has 126 valence electrons. The van der Waals surface area contributed by atoms with Gasteiger partial charge in [-0.3, -0.25) is 0 Å². The van der Waals surface area contributed by atoms with Gasteiger partial charge < -0.3 is 19.4 Å². The summed E-state index contributed by atoms with van der Waals surface area (Å²) in [5.74, 6) is 0.763. The number of aliphatic hydroxyl groups is 1. The minimum absolute atomic E-state index is 0.0455. The van der Waals surface area contributed by atoms with Gasteiger partial charge in [0.25, 0.3) is 0 Å². The Balaban J connectivity index is 1.78. The smallest absolute Gasteiger partial charge is 0.139 e. The molecule has 2 aliphatic carbocycles. The van der Waals surface area contributed by atoms with E-state index in [4.69, 9.17) is 4.74 Å². The fraction of sp³-hybridized carbons (Fsp3) is 0.500. The van der Waals surface area contributed by atoms with Crippen LogP contribution in [0.5, 0.6) is 11.5 Å². The van der Waals surface area contributed by atoms with Gasteiger partial charge in [-0.15, -0.1) is 0 Å². The van der Waals surface area contributed by atoms with Gasteiger partial charge in [0.2, 0.25) is 0 Å². The molecule has 1 fully saturated rings. The summed E-state index contributed by atoms with van der Waals surface area (Å²) in [5, 5.41) is 23.0. The predicted molar refractivity (Wildman–Crippen MR) is 88.8 cm³/mol. The van der Waals surface area contributed by atoms with Crippen LogP contribution in [-0.4, -0.2) is 48.0 Å². The number of hydrogen-bond acceptors (Lipinski definition) is 3. The molecular weight excluding hydrogens is 302 g/mol. The topological polar surface area (TPSA) is 52.5 Å². The lowest BCUT2D eigenvalue weighted by atomic mass is 9.52. The molecule has 6 atom stereocenters. The number of piperidine rings is 1. The third-order valence-electron chi connectivity index (χ3n) is 7.07. The van der Waals surface area contributed by atoms with Crippen molar-refractivity contribution < 1.29 is 19.4 Å². The van der Waals surface area contributed by atoms with Crippen LogP contribution in [0.4, 0.5) is 0 Å². The van der Waals surface area contributed by atoms with E-state index in [1.54, 1.807) is 6.07 Å². The van der Waals surface area contributed by atoms with E-state index in [0.29, 0.717) is 17.7 Å². The third kappa shape index (κ3) is 1.47. The van der Waals surface area contributed by atoms with Crippen LogP contribution in [0.2, 0.25) is 0 Å². The largest absolute Gasteiger partial charge is 0.870 e. The molecule has 1 N–H and O–H groups in total. The third-order valence-corrected chi connectivity index (χ3v) is 7.07. The van der Waals surface area contributed by atoms with Gasteiger partial charge in [-0.2, -0.15) is 0 Å². The number of nitrogens with zero attached hydrogens (tertiary/aromatic N) is 1. The molecule has 0 aromatic heterocycles. The van der Waals surface area contributed by atoms with E-state index in [1.807, 2.05) is 18.2 Å². The summed E-state index contributed by atoms with van der Waals surface area (Å²) >= 11 is 0. The van der Waals surface area contributed by atoms with Crippen LogP contribution < -0.4 is 9.84 Å². The molecule has 2 heterocycles. The highest BCUT2D eigenvalue weighted by Gasteiger charge is 2.67. The summed E-state index contributed by atoms with van der Waals surface area (Å²) in [6.07, 6.45) is 7.02. The lowest BCUT2D eigenvalue weighted by Crippen LogP contribution is -2.71. The Morgan fingerprint density at radius 1 is 1.46 bits per heavy atom. The molecule has 1 aromatic carbocycles. The van der Waals surface area contributed by atoms with E-state index in [-0.39, 0.29) is 17.3 Å². The lowest BCUT2D eigenvalue weighted by Gasteiger charge is -2.59. The molecule has 0 saturated carbocycles. The Morgan fingerprint density at radius 2 is 2.29 bits per heavy atom. The number of hydrogen-bond donors (Lipinski definition) is 1. The molecule has 2 bridgehead atoms. The van der Waals surface area contributed by atoms with Crippen LogP contribution >= 0.6 is 0 Å². The fourth-order valence-corrected chi connectivity index (χ4v) is 6.01. The minimum Gasteiger partial charge on any atom is -0.870 e. The van der Waals surface area contributed by atoms with Crippen LogP contribution in [0.25, 0.3) is 0 Å². The number of quaternary nitrogens is 1. The normalized spacial score (nSPS) is 43.9. The monoisotopic (exact) mass is 325 g/mol. The van der Waals surface area contributed by atoms with E-state index in [0.717, 1.165) is 36.0 Å². The Labute approximate surface area is 142 Å². The molecule has 0 amide bonds. The molecule has 4 aliphatic rings. The van der Waals surface area contributed by atoms with E-state index in [1.165, 1.54) is 5.56 Å². The number of likely N-dealkylation sites (N-methyl/N-ethyl adjacent to an activating group) is 1. The van der Waals surface area contributed by atoms with Gasteiger partial charge in [-0.05, 0) is 11.6 Å². The van der Waals surface area contributed by atoms with Crippen molar-refractivity contribution in [3.05, 3.63) is 48.1 Å². The van der Waals surface area contributed by atoms with Gasteiger partial charge in [0, 0.05) is 24.3 Å². The second-order valence-corrected chi connectivity index (χ2v) is 8.10. The zero-order valence-corrected chi connectivity index (χ0v) is 13.9. The van der Waals surface area contributed by atoms with Crippen molar-refractivity contribution in [3.8, 4) is 11.5 Å². The Kier molecular flexibility index (Phi) is 2.69. The first kappa shape index (κ1) is 14.6. The Morgan fingerprint density at radius 3 is 3.08 bits per heavy atom. The highest BCUT2D eigenvalue weighted by atomic mass is 16.5. The molecule has 1 aromatic rings. The molecular formula is C20H23NO3. The van der Waals surface area contributed by atoms with Crippen molar-refractivity contribution in [2.75, 3.05) is 20.1 Å². The standard InChI is InChI=1S/C20H23NO3/c1-3-9-21(2)10-8-20-13-5-7-16(23)19(20)24-18-15(22)6-4-12(17(18)20)11-14(13)21/h3-7,13-14,16,19,23H,1,8-11H2,2H3/t13-,14+,16-,19-,20-,21-/m0/s1. The molecule has 0 unspecified atom stereocenters. The van der Waals surface area contributed by atoms with Crippen LogP contribution in [0, 0.1) is 5.92 Å². The molecule has 4 nitrogen and oxygen atoms in total. The number of likely N-dealkylation sites (tertiary alicyclic amines) is 1. The van der Waals surface area contributed by atoms with Gasteiger partial charge in [-0.25, -0.2) is 0 Å². The molecule has 1 saturated heterocycles. The van der Waals surface area contributed by atoms with Gasteiger partial charge in [-0.1, -0.05) is 36.6 Å². The van der Waals surface area contributed by atoms with Crippen LogP contribution in [0.15, 0.2) is 36.9 Å². The van der Waals surface area contributed by atoms with Crippen LogP contribution in [0.1, 0.15) is 17.5 Å². The first-order chi connectivity index (χ1) is 11.5. The van der Waals surface area contributed by atoms with Crippen LogP contribution in [0.3, 0.4) is 0 Å². The maximum Gasteiger partial charge on any atom is 0.139 e. The summed E-state index contributed by atoms with van der Waals surface area (Å²) in [5.41, 5.74) is 2.11. The summed E-state index contributed by atoms with van der Waals surface area (Å²) in [4.78, 5) is 0. The van der Waals surface area contributed by atoms with Crippen molar-refractivity contribution >= 4 is 0 Å². The predicted octanol–water partition coefficient (Wildman–Crippen LogP) is 1.27. The van der Waals surface area contributed by atoms with Crippen molar-refractivity contribution in [3.63, 3.8) is 0 Å². The van der Waals surface area contributed by atoms with Crippen molar-refractivity contribution in [2.24, 2.45) is 5.92 Å². The zero-order chi connectivity index (χ0) is 16.7. The number of aliphatic hydroxyl groups excluding tert-OH is 1.